The summed E-state index contributed by atoms with van der Waals surface area (Å²) in [6.07, 6.45) is 4.31. The highest BCUT2D eigenvalue weighted by Crippen LogP contribution is 2.32. The van der Waals surface area contributed by atoms with E-state index in [2.05, 4.69) is 6.58 Å². The third-order valence-corrected chi connectivity index (χ3v) is 6.49. The van der Waals surface area contributed by atoms with Gasteiger partial charge in [0.1, 0.15) is 18.7 Å². The lowest BCUT2D eigenvalue weighted by Gasteiger charge is -2.31. The highest BCUT2D eigenvalue weighted by molar-refractivity contribution is 5.97. The molecule has 0 radical (unpaired) electrons. The first-order chi connectivity index (χ1) is 18.4. The zero-order chi connectivity index (χ0) is 26.9. The smallest absolute Gasteiger partial charge is 0.257 e. The third-order valence-electron chi connectivity index (χ3n) is 6.49. The minimum absolute atomic E-state index is 0.156. The molecule has 0 N–H and O–H groups in total. The second kappa shape index (κ2) is 12.8. The standard InChI is InChI=1S/C33H33NO4/c1-24(2)29-18-30(33(36)34(3)20-25-14-16-26(21-35)17-15-25)32(38-23-28-12-8-5-9-13-28)19-31(29)37-22-27-10-6-4-7-11-27/h4-19,21,29,31H,1,20,22-23H2,2-3H3. The van der Waals surface area contributed by atoms with Gasteiger partial charge in [-0.15, -0.1) is 0 Å². The number of aldehydes is 1. The summed E-state index contributed by atoms with van der Waals surface area (Å²) in [5.41, 5.74) is 4.99. The van der Waals surface area contributed by atoms with Crippen molar-refractivity contribution in [2.45, 2.75) is 32.8 Å². The lowest BCUT2D eigenvalue weighted by atomic mass is 9.87. The molecule has 3 aromatic carbocycles. The van der Waals surface area contributed by atoms with Crippen LogP contribution in [-0.4, -0.2) is 30.2 Å². The Morgan fingerprint density at radius 3 is 2.05 bits per heavy atom. The van der Waals surface area contributed by atoms with Gasteiger partial charge in [-0.25, -0.2) is 0 Å². The predicted octanol–water partition coefficient (Wildman–Crippen LogP) is 6.28. The lowest BCUT2D eigenvalue weighted by molar-refractivity contribution is -0.126. The highest BCUT2D eigenvalue weighted by atomic mass is 16.5. The largest absolute Gasteiger partial charge is 0.488 e. The number of likely N-dealkylation sites (N-methyl/N-ethyl adjacent to an activating group) is 1. The molecule has 0 saturated heterocycles. The van der Waals surface area contributed by atoms with Gasteiger partial charge in [0.15, 0.2) is 0 Å². The van der Waals surface area contributed by atoms with Crippen molar-refractivity contribution in [3.63, 3.8) is 0 Å². The summed E-state index contributed by atoms with van der Waals surface area (Å²) in [6.45, 7) is 7.29. The van der Waals surface area contributed by atoms with E-state index >= 15 is 0 Å². The second-order valence-corrected chi connectivity index (χ2v) is 9.54. The van der Waals surface area contributed by atoms with E-state index in [0.29, 0.717) is 36.7 Å². The maximum absolute atomic E-state index is 13.7. The van der Waals surface area contributed by atoms with Crippen LogP contribution in [0.4, 0.5) is 0 Å². The van der Waals surface area contributed by atoms with E-state index in [0.717, 1.165) is 28.5 Å². The predicted molar refractivity (Wildman–Crippen MR) is 149 cm³/mol. The van der Waals surface area contributed by atoms with Crippen LogP contribution in [0, 0.1) is 5.92 Å². The zero-order valence-electron chi connectivity index (χ0n) is 21.9. The van der Waals surface area contributed by atoms with E-state index in [-0.39, 0.29) is 17.9 Å². The van der Waals surface area contributed by atoms with Gasteiger partial charge in [-0.05, 0) is 29.7 Å². The summed E-state index contributed by atoms with van der Waals surface area (Å²) in [4.78, 5) is 26.4. The zero-order valence-corrected chi connectivity index (χ0v) is 21.9. The monoisotopic (exact) mass is 507 g/mol. The van der Waals surface area contributed by atoms with Crippen LogP contribution in [0.15, 0.2) is 121 Å². The minimum Gasteiger partial charge on any atom is -0.488 e. The number of hydrogen-bond acceptors (Lipinski definition) is 4. The molecule has 0 aromatic heterocycles. The summed E-state index contributed by atoms with van der Waals surface area (Å²) in [5, 5.41) is 0. The molecule has 194 valence electrons. The molecule has 1 aliphatic carbocycles. The summed E-state index contributed by atoms with van der Waals surface area (Å²) in [6, 6.07) is 27.1. The van der Waals surface area contributed by atoms with E-state index in [4.69, 9.17) is 9.47 Å². The SMILES string of the molecule is C=C(C)C1C=C(C(=O)N(C)Cc2ccc(C=O)cc2)C(OCc2ccccc2)=CC1OCc1ccccc1. The molecule has 2 unspecified atom stereocenters. The van der Waals surface area contributed by atoms with Crippen molar-refractivity contribution in [3.05, 3.63) is 143 Å². The molecule has 4 rings (SSSR count). The molecule has 5 nitrogen and oxygen atoms in total. The summed E-state index contributed by atoms with van der Waals surface area (Å²) >= 11 is 0. The number of amides is 1. The third kappa shape index (κ3) is 6.96. The molecule has 2 atom stereocenters. The first kappa shape index (κ1) is 26.8. The fourth-order valence-corrected chi connectivity index (χ4v) is 4.33. The maximum Gasteiger partial charge on any atom is 0.257 e. The van der Waals surface area contributed by atoms with E-state index < -0.39 is 0 Å². The van der Waals surface area contributed by atoms with Gasteiger partial charge in [0.25, 0.3) is 5.91 Å². The Morgan fingerprint density at radius 2 is 1.47 bits per heavy atom. The van der Waals surface area contributed by atoms with Crippen molar-refractivity contribution >= 4 is 12.2 Å². The quantitative estimate of drug-likeness (QED) is 0.227. The molecule has 5 heteroatoms. The van der Waals surface area contributed by atoms with Crippen molar-refractivity contribution < 1.29 is 19.1 Å². The normalized spacial score (nSPS) is 16.7. The van der Waals surface area contributed by atoms with Crippen molar-refractivity contribution in [1.29, 1.82) is 0 Å². The molecule has 0 fully saturated rings. The molecule has 0 heterocycles. The van der Waals surface area contributed by atoms with Gasteiger partial charge in [-0.1, -0.05) is 103 Å². The Balaban J connectivity index is 1.58. The Morgan fingerprint density at radius 1 is 0.868 bits per heavy atom. The minimum atomic E-state index is -0.323. The first-order valence-electron chi connectivity index (χ1n) is 12.7. The van der Waals surface area contributed by atoms with Crippen LogP contribution < -0.4 is 0 Å². The number of hydrogen-bond donors (Lipinski definition) is 0. The van der Waals surface area contributed by atoms with Gasteiger partial charge in [-0.3, -0.25) is 9.59 Å². The Kier molecular flexibility index (Phi) is 9.07. The molecule has 0 aliphatic heterocycles. The van der Waals surface area contributed by atoms with Crippen LogP contribution in [0.25, 0.3) is 0 Å². The topological polar surface area (TPSA) is 55.8 Å². The fraction of sp³-hybridized carbons (Fsp3) is 0.212. The summed E-state index contributed by atoms with van der Waals surface area (Å²) < 4.78 is 12.6. The summed E-state index contributed by atoms with van der Waals surface area (Å²) in [5.74, 6) is 0.163. The summed E-state index contributed by atoms with van der Waals surface area (Å²) in [7, 11) is 1.76. The number of ether oxygens (including phenoxy) is 2. The Hall–Kier alpha value is -4.22. The Bertz CT molecular complexity index is 1310. The van der Waals surface area contributed by atoms with Gasteiger partial charge in [0.2, 0.25) is 0 Å². The highest BCUT2D eigenvalue weighted by Gasteiger charge is 2.31. The van der Waals surface area contributed by atoms with Crippen LogP contribution in [0.1, 0.15) is 34.0 Å². The van der Waals surface area contributed by atoms with Gasteiger partial charge in [0.05, 0.1) is 18.3 Å². The van der Waals surface area contributed by atoms with Gasteiger partial charge in [0, 0.05) is 25.1 Å². The van der Waals surface area contributed by atoms with Crippen molar-refractivity contribution in [3.8, 4) is 0 Å². The molecular weight excluding hydrogens is 474 g/mol. The number of benzene rings is 3. The van der Waals surface area contributed by atoms with Crippen molar-refractivity contribution in [2.75, 3.05) is 7.05 Å². The number of carbonyl (C=O) groups is 2. The average molecular weight is 508 g/mol. The number of carbonyl (C=O) groups excluding carboxylic acids is 2. The molecular formula is C33H33NO4. The van der Waals surface area contributed by atoms with Crippen LogP contribution in [0.3, 0.4) is 0 Å². The molecule has 38 heavy (non-hydrogen) atoms. The second-order valence-electron chi connectivity index (χ2n) is 9.54. The maximum atomic E-state index is 13.7. The van der Waals surface area contributed by atoms with Crippen LogP contribution in [0.5, 0.6) is 0 Å². The number of rotatable bonds is 11. The van der Waals surface area contributed by atoms with E-state index in [1.54, 1.807) is 24.1 Å². The van der Waals surface area contributed by atoms with Crippen LogP contribution in [0.2, 0.25) is 0 Å². The van der Waals surface area contributed by atoms with Crippen molar-refractivity contribution in [1.82, 2.24) is 4.90 Å². The first-order valence-corrected chi connectivity index (χ1v) is 12.7. The van der Waals surface area contributed by atoms with Gasteiger partial charge >= 0.3 is 0 Å². The average Bonchev–Trinajstić information content (AvgIpc) is 2.95. The Labute approximate surface area is 224 Å². The van der Waals surface area contributed by atoms with Crippen LogP contribution >= 0.6 is 0 Å². The number of nitrogens with zero attached hydrogens (tertiary/aromatic N) is 1. The van der Waals surface area contributed by atoms with E-state index in [9.17, 15) is 9.59 Å². The van der Waals surface area contributed by atoms with Gasteiger partial charge in [-0.2, -0.15) is 0 Å². The van der Waals surface area contributed by atoms with Crippen LogP contribution in [-0.2, 0) is 34.0 Å². The lowest BCUT2D eigenvalue weighted by Crippen LogP contribution is -2.33. The molecule has 3 aromatic rings. The van der Waals surface area contributed by atoms with E-state index in [1.807, 2.05) is 91.9 Å². The molecule has 0 bridgehead atoms. The molecule has 1 amide bonds. The van der Waals surface area contributed by atoms with E-state index in [1.165, 1.54) is 0 Å². The molecule has 0 spiro atoms. The van der Waals surface area contributed by atoms with Gasteiger partial charge < -0.3 is 14.4 Å². The molecule has 1 aliphatic rings. The fourth-order valence-electron chi connectivity index (χ4n) is 4.33. The molecule has 0 saturated carbocycles. The van der Waals surface area contributed by atoms with Crippen molar-refractivity contribution in [2.24, 2.45) is 5.92 Å².